The van der Waals surface area contributed by atoms with Crippen molar-refractivity contribution >= 4 is 11.9 Å². The molecule has 2 fully saturated rings. The Hall–Kier alpha value is -1.82. The Morgan fingerprint density at radius 3 is 2.61 bits per heavy atom. The van der Waals surface area contributed by atoms with Crippen LogP contribution in [0.1, 0.15) is 59.8 Å². The van der Waals surface area contributed by atoms with Crippen LogP contribution in [0.4, 0.5) is 0 Å². The van der Waals surface area contributed by atoms with Crippen molar-refractivity contribution in [2.75, 3.05) is 19.8 Å². The number of furan rings is 1. The molecule has 1 spiro atoms. The normalized spacial score (nSPS) is 23.4. The van der Waals surface area contributed by atoms with Crippen LogP contribution in [0.15, 0.2) is 10.5 Å². The van der Waals surface area contributed by atoms with Crippen molar-refractivity contribution in [2.24, 2.45) is 5.41 Å². The Balaban J connectivity index is 1.82. The largest absolute Gasteiger partial charge is 0.478 e. The average molecular weight is 321 g/mol. The van der Waals surface area contributed by atoms with Crippen molar-refractivity contribution in [3.63, 3.8) is 0 Å². The highest BCUT2D eigenvalue weighted by molar-refractivity contribution is 5.96. The molecule has 0 bridgehead atoms. The molecule has 2 aliphatic rings. The molecule has 1 N–H and O–H groups in total. The van der Waals surface area contributed by atoms with Crippen molar-refractivity contribution in [1.29, 1.82) is 0 Å². The highest BCUT2D eigenvalue weighted by atomic mass is 16.5. The summed E-state index contributed by atoms with van der Waals surface area (Å²) in [6.07, 6.45) is 3.36. The van der Waals surface area contributed by atoms with E-state index >= 15 is 0 Å². The van der Waals surface area contributed by atoms with E-state index in [0.29, 0.717) is 18.7 Å². The van der Waals surface area contributed by atoms with E-state index in [4.69, 9.17) is 9.15 Å². The van der Waals surface area contributed by atoms with E-state index in [-0.39, 0.29) is 28.7 Å². The minimum Gasteiger partial charge on any atom is -0.478 e. The summed E-state index contributed by atoms with van der Waals surface area (Å²) >= 11 is 0. The maximum absolute atomic E-state index is 12.8. The van der Waals surface area contributed by atoms with Crippen molar-refractivity contribution in [3.8, 4) is 0 Å². The number of hydrogen-bond donors (Lipinski definition) is 1. The third-order valence-corrected chi connectivity index (χ3v) is 5.53. The number of amides is 1. The number of carbonyl (C=O) groups excluding carboxylic acids is 1. The van der Waals surface area contributed by atoms with Gasteiger partial charge in [0.25, 0.3) is 5.91 Å². The van der Waals surface area contributed by atoms with Gasteiger partial charge in [0.05, 0.1) is 0 Å². The van der Waals surface area contributed by atoms with Crippen LogP contribution in [0.2, 0.25) is 0 Å². The van der Waals surface area contributed by atoms with Crippen LogP contribution in [-0.2, 0) is 11.2 Å². The van der Waals surface area contributed by atoms with Gasteiger partial charge in [-0.1, -0.05) is 6.92 Å². The van der Waals surface area contributed by atoms with E-state index < -0.39 is 5.97 Å². The van der Waals surface area contributed by atoms with Gasteiger partial charge in [0.2, 0.25) is 0 Å². The lowest BCUT2D eigenvalue weighted by molar-refractivity contribution is -0.000216. The zero-order chi connectivity index (χ0) is 16.6. The molecule has 126 valence electrons. The summed E-state index contributed by atoms with van der Waals surface area (Å²) in [5.41, 5.74) is 0.215. The molecule has 1 amide bonds. The standard InChI is InChI=1S/C17H23NO5/c1-3-13-12(16(20)21)10-14(23-13)15(19)18-7-4-17(11(18)2)5-8-22-9-6-17/h10-11H,3-9H2,1-2H3,(H,20,21). The summed E-state index contributed by atoms with van der Waals surface area (Å²) in [6, 6.07) is 1.48. The van der Waals surface area contributed by atoms with Gasteiger partial charge in [-0.3, -0.25) is 4.79 Å². The van der Waals surface area contributed by atoms with E-state index in [1.165, 1.54) is 6.07 Å². The van der Waals surface area contributed by atoms with E-state index in [9.17, 15) is 14.7 Å². The molecule has 2 saturated heterocycles. The fraction of sp³-hybridized carbons (Fsp3) is 0.647. The molecule has 2 aliphatic heterocycles. The maximum Gasteiger partial charge on any atom is 0.339 e. The molecule has 6 heteroatoms. The molecule has 23 heavy (non-hydrogen) atoms. The number of carboxylic acids is 1. The van der Waals surface area contributed by atoms with Crippen molar-refractivity contribution in [3.05, 3.63) is 23.2 Å². The lowest BCUT2D eigenvalue weighted by atomic mass is 9.74. The fourth-order valence-corrected chi connectivity index (χ4v) is 3.92. The SMILES string of the molecule is CCc1oc(C(=O)N2CCC3(CCOCC3)C2C)cc1C(=O)O. The number of likely N-dealkylation sites (tertiary alicyclic amines) is 1. The Bertz CT molecular complexity index is 614. The molecule has 3 rings (SSSR count). The summed E-state index contributed by atoms with van der Waals surface area (Å²) in [4.78, 5) is 25.9. The van der Waals surface area contributed by atoms with Gasteiger partial charge in [0.1, 0.15) is 11.3 Å². The number of hydrogen-bond acceptors (Lipinski definition) is 4. The van der Waals surface area contributed by atoms with Crippen molar-refractivity contribution in [1.82, 2.24) is 4.90 Å². The van der Waals surface area contributed by atoms with Crippen LogP contribution < -0.4 is 0 Å². The lowest BCUT2D eigenvalue weighted by Crippen LogP contribution is -2.43. The molecule has 6 nitrogen and oxygen atoms in total. The van der Waals surface area contributed by atoms with Gasteiger partial charge in [0.15, 0.2) is 5.76 Å². The summed E-state index contributed by atoms with van der Waals surface area (Å²) < 4.78 is 11.0. The number of aromatic carboxylic acids is 1. The molecule has 1 atom stereocenters. The highest BCUT2D eigenvalue weighted by Gasteiger charge is 2.47. The van der Waals surface area contributed by atoms with Gasteiger partial charge in [-0.05, 0) is 31.6 Å². The monoisotopic (exact) mass is 321 g/mol. The van der Waals surface area contributed by atoms with Gasteiger partial charge in [-0.25, -0.2) is 4.79 Å². The lowest BCUT2D eigenvalue weighted by Gasteiger charge is -2.38. The van der Waals surface area contributed by atoms with E-state index in [0.717, 1.165) is 32.5 Å². The predicted molar refractivity (Wildman–Crippen MR) is 82.6 cm³/mol. The second-order valence-corrected chi connectivity index (χ2v) is 6.51. The molecule has 0 aromatic carbocycles. The molecule has 0 radical (unpaired) electrons. The summed E-state index contributed by atoms with van der Waals surface area (Å²) in [5.74, 6) is -0.772. The maximum atomic E-state index is 12.8. The van der Waals surface area contributed by atoms with Crippen LogP contribution in [0.3, 0.4) is 0 Å². The van der Waals surface area contributed by atoms with Crippen LogP contribution >= 0.6 is 0 Å². The number of nitrogens with zero attached hydrogens (tertiary/aromatic N) is 1. The molecule has 1 unspecified atom stereocenters. The Morgan fingerprint density at radius 2 is 2.04 bits per heavy atom. The molecule has 1 aromatic heterocycles. The fourth-order valence-electron chi connectivity index (χ4n) is 3.92. The number of carboxylic acid groups (broad SMARTS) is 1. The smallest absolute Gasteiger partial charge is 0.339 e. The van der Waals surface area contributed by atoms with E-state index in [1.54, 1.807) is 0 Å². The molecular weight excluding hydrogens is 298 g/mol. The van der Waals surface area contributed by atoms with Gasteiger partial charge >= 0.3 is 5.97 Å². The Kier molecular flexibility index (Phi) is 4.19. The molecule has 3 heterocycles. The van der Waals surface area contributed by atoms with Crippen molar-refractivity contribution in [2.45, 2.75) is 45.6 Å². The number of aryl methyl sites for hydroxylation is 1. The second-order valence-electron chi connectivity index (χ2n) is 6.51. The van der Waals surface area contributed by atoms with Crippen LogP contribution in [0.25, 0.3) is 0 Å². The molecular formula is C17H23NO5. The van der Waals surface area contributed by atoms with Gasteiger partial charge in [-0.15, -0.1) is 0 Å². The van der Waals surface area contributed by atoms with Gasteiger partial charge in [0, 0.05) is 38.3 Å². The predicted octanol–water partition coefficient (Wildman–Crippen LogP) is 2.57. The molecule has 0 aliphatic carbocycles. The first kappa shape index (κ1) is 16.1. The third-order valence-electron chi connectivity index (χ3n) is 5.53. The summed E-state index contributed by atoms with van der Waals surface area (Å²) in [6.45, 7) is 6.07. The van der Waals surface area contributed by atoms with Crippen LogP contribution in [-0.4, -0.2) is 47.7 Å². The van der Waals surface area contributed by atoms with Gasteiger partial charge < -0.3 is 19.2 Å². The average Bonchev–Trinajstić information content (AvgIpc) is 3.11. The second kappa shape index (κ2) is 6.00. The Labute approximate surface area is 135 Å². The van der Waals surface area contributed by atoms with Crippen LogP contribution in [0.5, 0.6) is 0 Å². The zero-order valence-corrected chi connectivity index (χ0v) is 13.6. The number of carbonyl (C=O) groups is 2. The number of ether oxygens (including phenoxy) is 1. The van der Waals surface area contributed by atoms with Crippen molar-refractivity contribution < 1.29 is 23.8 Å². The topological polar surface area (TPSA) is 80.0 Å². The first-order valence-electron chi connectivity index (χ1n) is 8.23. The Morgan fingerprint density at radius 1 is 1.35 bits per heavy atom. The minimum absolute atomic E-state index is 0.0866. The van der Waals surface area contributed by atoms with Gasteiger partial charge in [-0.2, -0.15) is 0 Å². The zero-order valence-electron chi connectivity index (χ0n) is 13.6. The molecule has 1 aromatic rings. The molecule has 0 saturated carbocycles. The summed E-state index contributed by atoms with van der Waals surface area (Å²) in [5, 5.41) is 9.21. The quantitative estimate of drug-likeness (QED) is 0.925. The number of rotatable bonds is 3. The first-order chi connectivity index (χ1) is 11.0. The van der Waals surface area contributed by atoms with E-state index in [2.05, 4.69) is 6.92 Å². The minimum atomic E-state index is -1.06. The first-order valence-corrected chi connectivity index (χ1v) is 8.23. The summed E-state index contributed by atoms with van der Waals surface area (Å²) in [7, 11) is 0. The third kappa shape index (κ3) is 2.65. The van der Waals surface area contributed by atoms with Crippen LogP contribution in [0, 0.1) is 5.41 Å². The highest BCUT2D eigenvalue weighted by Crippen LogP contribution is 2.45. The van der Waals surface area contributed by atoms with E-state index in [1.807, 2.05) is 11.8 Å².